The van der Waals surface area contributed by atoms with E-state index in [1.54, 1.807) is 0 Å². The van der Waals surface area contributed by atoms with Gasteiger partial charge in [-0.15, -0.1) is 0 Å². The summed E-state index contributed by atoms with van der Waals surface area (Å²) in [6, 6.07) is 0. The molecular formula is C12H21N3O3. The van der Waals surface area contributed by atoms with Crippen LogP contribution in [0, 0.1) is 0 Å². The highest BCUT2D eigenvalue weighted by Gasteiger charge is 2.14. The van der Waals surface area contributed by atoms with Gasteiger partial charge in [0.05, 0.1) is 20.2 Å². The van der Waals surface area contributed by atoms with E-state index in [1.165, 1.54) is 7.11 Å². The lowest BCUT2D eigenvalue weighted by atomic mass is 10.3. The van der Waals surface area contributed by atoms with Gasteiger partial charge in [-0.3, -0.25) is 9.69 Å². The first kappa shape index (κ1) is 14.6. The minimum absolute atomic E-state index is 0.249. The molecule has 1 aromatic heterocycles. The number of carbonyl (C=O) groups excluding carboxylic acids is 1. The summed E-state index contributed by atoms with van der Waals surface area (Å²) in [5.41, 5.74) is 0. The van der Waals surface area contributed by atoms with Crippen LogP contribution in [-0.4, -0.2) is 41.2 Å². The molecule has 6 heteroatoms. The highest BCUT2D eigenvalue weighted by Crippen LogP contribution is 2.05. The number of ether oxygens (including phenoxy) is 1. The van der Waals surface area contributed by atoms with E-state index in [-0.39, 0.29) is 12.5 Å². The van der Waals surface area contributed by atoms with Crippen LogP contribution in [-0.2, 0) is 22.5 Å². The van der Waals surface area contributed by atoms with Crippen molar-refractivity contribution in [2.75, 3.05) is 20.2 Å². The van der Waals surface area contributed by atoms with Crippen LogP contribution in [0.25, 0.3) is 0 Å². The van der Waals surface area contributed by atoms with E-state index >= 15 is 0 Å². The monoisotopic (exact) mass is 255 g/mol. The van der Waals surface area contributed by atoms with E-state index in [9.17, 15) is 4.79 Å². The van der Waals surface area contributed by atoms with Gasteiger partial charge in [0.25, 0.3) is 0 Å². The molecule has 0 saturated carbocycles. The summed E-state index contributed by atoms with van der Waals surface area (Å²) in [6.45, 7) is 5.68. The van der Waals surface area contributed by atoms with Gasteiger partial charge in [-0.05, 0) is 19.4 Å². The Morgan fingerprint density at radius 2 is 2.17 bits per heavy atom. The molecule has 0 fully saturated rings. The van der Waals surface area contributed by atoms with E-state index < -0.39 is 0 Å². The van der Waals surface area contributed by atoms with Crippen LogP contribution in [0.15, 0.2) is 4.52 Å². The number of esters is 1. The fraction of sp³-hybridized carbons (Fsp3) is 0.750. The summed E-state index contributed by atoms with van der Waals surface area (Å²) >= 11 is 0. The van der Waals surface area contributed by atoms with Gasteiger partial charge >= 0.3 is 5.97 Å². The summed E-state index contributed by atoms with van der Waals surface area (Å²) in [6.07, 6.45) is 2.72. The van der Waals surface area contributed by atoms with Crippen LogP contribution in [0.5, 0.6) is 0 Å². The Balaban J connectivity index is 2.55. The van der Waals surface area contributed by atoms with Crippen LogP contribution in [0.2, 0.25) is 0 Å². The summed E-state index contributed by atoms with van der Waals surface area (Å²) < 4.78 is 9.78. The predicted octanol–water partition coefficient (Wildman–Crippen LogP) is 1.41. The van der Waals surface area contributed by atoms with Gasteiger partial charge in [0.2, 0.25) is 5.89 Å². The fourth-order valence-corrected chi connectivity index (χ4v) is 1.65. The van der Waals surface area contributed by atoms with Crippen molar-refractivity contribution in [3.05, 3.63) is 11.7 Å². The van der Waals surface area contributed by atoms with Crippen molar-refractivity contribution >= 4 is 5.97 Å². The lowest BCUT2D eigenvalue weighted by Crippen LogP contribution is -2.31. The SMILES string of the molecule is CCCc1nc(CN(CCC)CC(=O)OC)no1. The molecule has 1 heterocycles. The zero-order valence-corrected chi connectivity index (χ0v) is 11.3. The largest absolute Gasteiger partial charge is 0.468 e. The number of hydrogen-bond acceptors (Lipinski definition) is 6. The third-order valence-electron chi connectivity index (χ3n) is 2.46. The average Bonchev–Trinajstić information content (AvgIpc) is 2.77. The molecular weight excluding hydrogens is 234 g/mol. The van der Waals surface area contributed by atoms with Crippen molar-refractivity contribution < 1.29 is 14.1 Å². The summed E-state index contributed by atoms with van der Waals surface area (Å²) in [5, 5.41) is 3.91. The molecule has 0 unspecified atom stereocenters. The Morgan fingerprint density at radius 1 is 1.39 bits per heavy atom. The lowest BCUT2D eigenvalue weighted by molar-refractivity contribution is -0.142. The second-order valence-electron chi connectivity index (χ2n) is 4.14. The molecule has 0 aromatic carbocycles. The van der Waals surface area contributed by atoms with Crippen LogP contribution >= 0.6 is 0 Å². The molecule has 0 amide bonds. The Labute approximate surface area is 107 Å². The number of carbonyl (C=O) groups is 1. The van der Waals surface area contributed by atoms with Crippen LogP contribution < -0.4 is 0 Å². The van der Waals surface area contributed by atoms with Crippen molar-refractivity contribution in [2.45, 2.75) is 39.7 Å². The smallest absolute Gasteiger partial charge is 0.319 e. The van der Waals surface area contributed by atoms with Crippen molar-refractivity contribution in [2.24, 2.45) is 0 Å². The zero-order chi connectivity index (χ0) is 13.4. The maximum atomic E-state index is 11.3. The summed E-state index contributed by atoms with van der Waals surface area (Å²) in [4.78, 5) is 17.5. The molecule has 6 nitrogen and oxygen atoms in total. The Hall–Kier alpha value is -1.43. The molecule has 0 atom stereocenters. The van der Waals surface area contributed by atoms with Crippen molar-refractivity contribution in [1.82, 2.24) is 15.0 Å². The summed E-state index contributed by atoms with van der Waals surface area (Å²) in [7, 11) is 1.39. The Morgan fingerprint density at radius 3 is 2.78 bits per heavy atom. The van der Waals surface area contributed by atoms with E-state index in [2.05, 4.69) is 28.7 Å². The third kappa shape index (κ3) is 4.83. The standard InChI is InChI=1S/C12H21N3O3/c1-4-6-11-13-10(14-18-11)8-15(7-5-2)9-12(16)17-3/h4-9H2,1-3H3. The molecule has 18 heavy (non-hydrogen) atoms. The van der Waals surface area contributed by atoms with Gasteiger partial charge in [-0.1, -0.05) is 19.0 Å². The molecule has 1 aromatic rings. The number of aryl methyl sites for hydroxylation is 1. The van der Waals surface area contributed by atoms with Gasteiger partial charge in [-0.2, -0.15) is 4.98 Å². The van der Waals surface area contributed by atoms with Crippen LogP contribution in [0.3, 0.4) is 0 Å². The molecule has 102 valence electrons. The van der Waals surface area contributed by atoms with Gasteiger partial charge < -0.3 is 9.26 Å². The normalized spacial score (nSPS) is 10.9. The molecule has 0 aliphatic carbocycles. The number of rotatable bonds is 8. The molecule has 0 N–H and O–H groups in total. The second-order valence-corrected chi connectivity index (χ2v) is 4.14. The van der Waals surface area contributed by atoms with E-state index in [0.717, 1.165) is 25.8 Å². The minimum atomic E-state index is -0.249. The summed E-state index contributed by atoms with van der Waals surface area (Å²) in [5.74, 6) is 1.03. The second kappa shape index (κ2) is 7.81. The van der Waals surface area contributed by atoms with Gasteiger partial charge in [0.15, 0.2) is 5.82 Å². The van der Waals surface area contributed by atoms with Crippen molar-refractivity contribution in [3.63, 3.8) is 0 Å². The first-order valence-electron chi connectivity index (χ1n) is 6.30. The van der Waals surface area contributed by atoms with Gasteiger partial charge in [0, 0.05) is 6.42 Å². The van der Waals surface area contributed by atoms with Crippen LogP contribution in [0.4, 0.5) is 0 Å². The highest BCUT2D eigenvalue weighted by molar-refractivity contribution is 5.71. The average molecular weight is 255 g/mol. The number of hydrogen-bond donors (Lipinski definition) is 0. The molecule has 0 bridgehead atoms. The molecule has 0 aliphatic heterocycles. The minimum Gasteiger partial charge on any atom is -0.468 e. The van der Waals surface area contributed by atoms with Gasteiger partial charge in [-0.25, -0.2) is 0 Å². The Bertz CT molecular complexity index is 365. The zero-order valence-electron chi connectivity index (χ0n) is 11.3. The maximum absolute atomic E-state index is 11.3. The number of methoxy groups -OCH3 is 1. The third-order valence-corrected chi connectivity index (χ3v) is 2.46. The predicted molar refractivity (Wildman–Crippen MR) is 65.9 cm³/mol. The maximum Gasteiger partial charge on any atom is 0.319 e. The van der Waals surface area contributed by atoms with E-state index in [0.29, 0.717) is 18.3 Å². The number of aromatic nitrogens is 2. The van der Waals surface area contributed by atoms with Crippen LogP contribution in [0.1, 0.15) is 38.4 Å². The lowest BCUT2D eigenvalue weighted by Gasteiger charge is -2.17. The first-order valence-corrected chi connectivity index (χ1v) is 6.30. The molecule has 0 radical (unpaired) electrons. The first-order chi connectivity index (χ1) is 8.69. The topological polar surface area (TPSA) is 68.5 Å². The Kier molecular flexibility index (Phi) is 6.35. The molecule has 0 spiro atoms. The molecule has 1 rings (SSSR count). The molecule has 0 aliphatic rings. The van der Waals surface area contributed by atoms with E-state index in [1.807, 2.05) is 4.90 Å². The van der Waals surface area contributed by atoms with E-state index in [4.69, 9.17) is 4.52 Å². The highest BCUT2D eigenvalue weighted by atomic mass is 16.5. The number of nitrogens with zero attached hydrogens (tertiary/aromatic N) is 3. The van der Waals surface area contributed by atoms with Crippen molar-refractivity contribution in [3.8, 4) is 0 Å². The fourth-order valence-electron chi connectivity index (χ4n) is 1.65. The van der Waals surface area contributed by atoms with Gasteiger partial charge in [0.1, 0.15) is 0 Å². The molecule has 0 saturated heterocycles. The quantitative estimate of drug-likeness (QED) is 0.654. The van der Waals surface area contributed by atoms with Crippen molar-refractivity contribution in [1.29, 1.82) is 0 Å².